The van der Waals surface area contributed by atoms with Crippen LogP contribution in [0.4, 0.5) is 4.79 Å². The maximum Gasteiger partial charge on any atom is 0.352 e. The average molecular weight is 202 g/mol. The van der Waals surface area contributed by atoms with Crippen LogP contribution < -0.4 is 11.1 Å². The molecule has 0 rings (SSSR count). The summed E-state index contributed by atoms with van der Waals surface area (Å²) in [5.41, 5.74) is 4.05. The van der Waals surface area contributed by atoms with E-state index >= 15 is 0 Å². The first-order valence-corrected chi connectivity index (χ1v) is 3.65. The SMILES string of the molecule is CCOC(=O)/C=C(\NC(N)=O)C(=O)O. The minimum atomic E-state index is -1.48. The van der Waals surface area contributed by atoms with Gasteiger partial charge in [-0.05, 0) is 6.92 Å². The number of carbonyl (C=O) groups is 3. The van der Waals surface area contributed by atoms with E-state index in [1.54, 1.807) is 12.2 Å². The molecule has 0 aromatic heterocycles. The van der Waals surface area contributed by atoms with E-state index in [4.69, 9.17) is 5.11 Å². The van der Waals surface area contributed by atoms with Gasteiger partial charge < -0.3 is 20.9 Å². The molecule has 0 fully saturated rings. The van der Waals surface area contributed by atoms with E-state index in [0.717, 1.165) is 0 Å². The van der Waals surface area contributed by atoms with E-state index in [-0.39, 0.29) is 6.61 Å². The highest BCUT2D eigenvalue weighted by Crippen LogP contribution is 1.91. The minimum Gasteiger partial charge on any atom is -0.477 e. The predicted octanol–water partition coefficient (Wildman–Crippen LogP) is -0.814. The number of esters is 1. The van der Waals surface area contributed by atoms with Crippen molar-refractivity contribution < 1.29 is 24.2 Å². The number of primary amides is 1. The van der Waals surface area contributed by atoms with E-state index in [9.17, 15) is 14.4 Å². The Hall–Kier alpha value is -2.05. The van der Waals surface area contributed by atoms with E-state index in [1.807, 2.05) is 0 Å². The fraction of sp³-hybridized carbons (Fsp3) is 0.286. The topological polar surface area (TPSA) is 119 Å². The van der Waals surface area contributed by atoms with Crippen molar-refractivity contribution in [3.63, 3.8) is 0 Å². The van der Waals surface area contributed by atoms with Crippen LogP contribution in [-0.4, -0.2) is 29.7 Å². The largest absolute Gasteiger partial charge is 0.477 e. The van der Waals surface area contributed by atoms with Crippen LogP contribution in [0.3, 0.4) is 0 Å². The fourth-order valence-corrected chi connectivity index (χ4v) is 0.586. The second kappa shape index (κ2) is 5.57. The number of urea groups is 1. The summed E-state index contributed by atoms with van der Waals surface area (Å²) in [5, 5.41) is 10.3. The first-order chi connectivity index (χ1) is 6.47. The number of nitrogens with one attached hydrogen (secondary N) is 1. The van der Waals surface area contributed by atoms with Gasteiger partial charge in [-0.25, -0.2) is 14.4 Å². The Balaban J connectivity index is 4.55. The zero-order valence-electron chi connectivity index (χ0n) is 7.44. The lowest BCUT2D eigenvalue weighted by atomic mass is 10.4. The van der Waals surface area contributed by atoms with Crippen LogP contribution in [0.5, 0.6) is 0 Å². The summed E-state index contributed by atoms with van der Waals surface area (Å²) in [6.07, 6.45) is 0.636. The molecule has 0 aliphatic carbocycles. The van der Waals surface area contributed by atoms with Crippen molar-refractivity contribution in [1.29, 1.82) is 0 Å². The maximum atomic E-state index is 10.8. The number of carboxylic acids is 1. The molecule has 78 valence electrons. The summed E-state index contributed by atoms with van der Waals surface area (Å²) in [6, 6.07) is -1.07. The van der Waals surface area contributed by atoms with Crippen molar-refractivity contribution in [1.82, 2.24) is 5.32 Å². The molecule has 14 heavy (non-hydrogen) atoms. The lowest BCUT2D eigenvalue weighted by molar-refractivity contribution is -0.138. The number of ether oxygens (including phenoxy) is 1. The van der Waals surface area contributed by atoms with Crippen molar-refractivity contribution in [2.45, 2.75) is 6.92 Å². The van der Waals surface area contributed by atoms with Gasteiger partial charge in [-0.15, -0.1) is 0 Å². The Morgan fingerprint density at radius 1 is 1.50 bits per heavy atom. The van der Waals surface area contributed by atoms with Gasteiger partial charge in [-0.2, -0.15) is 0 Å². The van der Waals surface area contributed by atoms with Crippen LogP contribution >= 0.6 is 0 Å². The lowest BCUT2D eigenvalue weighted by Crippen LogP contribution is -2.32. The zero-order chi connectivity index (χ0) is 11.1. The van der Waals surface area contributed by atoms with Crippen LogP contribution in [0, 0.1) is 0 Å². The van der Waals surface area contributed by atoms with Gasteiger partial charge in [0.05, 0.1) is 12.7 Å². The lowest BCUT2D eigenvalue weighted by Gasteiger charge is -2.01. The second-order valence-corrected chi connectivity index (χ2v) is 2.10. The summed E-state index contributed by atoms with van der Waals surface area (Å²) in [6.45, 7) is 1.67. The smallest absolute Gasteiger partial charge is 0.352 e. The third-order valence-electron chi connectivity index (χ3n) is 1.04. The number of nitrogens with two attached hydrogens (primary N) is 1. The van der Waals surface area contributed by atoms with Crippen LogP contribution in [0.1, 0.15) is 6.92 Å². The molecule has 0 saturated carbocycles. The van der Waals surface area contributed by atoms with Gasteiger partial charge in [0.1, 0.15) is 5.70 Å². The van der Waals surface area contributed by atoms with Gasteiger partial charge in [-0.1, -0.05) is 0 Å². The normalized spacial score (nSPS) is 10.5. The molecule has 0 bridgehead atoms. The molecule has 0 unspecified atom stereocenters. The number of hydrogen-bond donors (Lipinski definition) is 3. The van der Waals surface area contributed by atoms with Gasteiger partial charge >= 0.3 is 18.0 Å². The maximum absolute atomic E-state index is 10.8. The highest BCUT2D eigenvalue weighted by atomic mass is 16.5. The number of amides is 2. The third-order valence-corrected chi connectivity index (χ3v) is 1.04. The van der Waals surface area contributed by atoms with E-state index in [2.05, 4.69) is 10.5 Å². The molecule has 0 aliphatic rings. The summed E-state index contributed by atoms with van der Waals surface area (Å²) < 4.78 is 4.43. The monoisotopic (exact) mass is 202 g/mol. The third kappa shape index (κ3) is 4.75. The molecular formula is C7H10N2O5. The van der Waals surface area contributed by atoms with Gasteiger partial charge in [0, 0.05) is 0 Å². The Bertz CT molecular complexity index is 284. The number of hydrogen-bond acceptors (Lipinski definition) is 4. The number of aliphatic carboxylic acids is 1. The van der Waals surface area contributed by atoms with Gasteiger partial charge in [-0.3, -0.25) is 0 Å². The fourth-order valence-electron chi connectivity index (χ4n) is 0.586. The molecule has 0 aromatic rings. The summed E-state index contributed by atoms with van der Waals surface area (Å²) >= 11 is 0. The molecule has 0 aromatic carbocycles. The predicted molar refractivity (Wildman–Crippen MR) is 45.1 cm³/mol. The molecule has 0 radical (unpaired) electrons. The first-order valence-electron chi connectivity index (χ1n) is 3.65. The van der Waals surface area contributed by atoms with Crippen molar-refractivity contribution in [2.75, 3.05) is 6.61 Å². The molecule has 0 heterocycles. The zero-order valence-corrected chi connectivity index (χ0v) is 7.44. The van der Waals surface area contributed by atoms with Crippen molar-refractivity contribution in [2.24, 2.45) is 5.73 Å². The number of carbonyl (C=O) groups excluding carboxylic acids is 2. The quantitative estimate of drug-likeness (QED) is 0.406. The van der Waals surface area contributed by atoms with Gasteiger partial charge in [0.25, 0.3) is 0 Å². The molecular weight excluding hydrogens is 192 g/mol. The Morgan fingerprint density at radius 2 is 2.07 bits per heavy atom. The van der Waals surface area contributed by atoms with Crippen molar-refractivity contribution in [3.05, 3.63) is 11.8 Å². The van der Waals surface area contributed by atoms with Gasteiger partial charge in [0.2, 0.25) is 0 Å². The average Bonchev–Trinajstić information content (AvgIpc) is 2.02. The van der Waals surface area contributed by atoms with Crippen LogP contribution in [0.25, 0.3) is 0 Å². The molecule has 0 aliphatic heterocycles. The highest BCUT2D eigenvalue weighted by Gasteiger charge is 2.11. The van der Waals surface area contributed by atoms with Crippen molar-refractivity contribution in [3.8, 4) is 0 Å². The summed E-state index contributed by atoms with van der Waals surface area (Å²) in [5.74, 6) is -2.34. The van der Waals surface area contributed by atoms with Crippen molar-refractivity contribution >= 4 is 18.0 Å². The molecule has 7 nitrogen and oxygen atoms in total. The second-order valence-electron chi connectivity index (χ2n) is 2.10. The molecule has 0 atom stereocenters. The number of carboxylic acid groups (broad SMARTS) is 1. The molecule has 0 spiro atoms. The molecule has 2 amide bonds. The molecule has 4 N–H and O–H groups in total. The Morgan fingerprint density at radius 3 is 2.43 bits per heavy atom. The van der Waals surface area contributed by atoms with Gasteiger partial charge in [0.15, 0.2) is 0 Å². The van der Waals surface area contributed by atoms with Crippen LogP contribution in [0.2, 0.25) is 0 Å². The summed E-state index contributed by atoms with van der Waals surface area (Å²) in [7, 11) is 0. The van der Waals surface area contributed by atoms with E-state index < -0.39 is 23.7 Å². The van der Waals surface area contributed by atoms with E-state index in [0.29, 0.717) is 6.08 Å². The minimum absolute atomic E-state index is 0.110. The Kier molecular flexibility index (Phi) is 4.76. The van der Waals surface area contributed by atoms with Crippen LogP contribution in [-0.2, 0) is 14.3 Å². The number of rotatable bonds is 4. The van der Waals surface area contributed by atoms with Crippen LogP contribution in [0.15, 0.2) is 11.8 Å². The Labute approximate surface area is 79.5 Å². The van der Waals surface area contributed by atoms with E-state index in [1.165, 1.54) is 0 Å². The first kappa shape index (κ1) is 11.9. The standard InChI is InChI=1S/C7H10N2O5/c1-2-14-5(10)3-4(6(11)12)9-7(8)13/h3H,2H2,1H3,(H,11,12)(H3,8,9,13)/b4-3-. The highest BCUT2D eigenvalue weighted by molar-refractivity contribution is 5.98. The molecule has 0 saturated heterocycles. The molecule has 7 heteroatoms. The summed E-state index contributed by atoms with van der Waals surface area (Å²) in [4.78, 5) is 31.5.